The first-order valence-electron chi connectivity index (χ1n) is 5.01. The van der Waals surface area contributed by atoms with E-state index < -0.39 is 15.8 Å². The standard InChI is InChI=1S/C12H10O4S2.Li.H/c1-18(15,16)11-7-6-10(17-11)8-2-4-9(5-3-8)12(13)14;;/h2-7H,1H3,(H,13,14);;. The number of benzene rings is 1. The van der Waals surface area contributed by atoms with Gasteiger partial charge in [-0.05, 0) is 29.8 Å². The topological polar surface area (TPSA) is 71.4 Å². The third-order valence-corrected chi connectivity index (χ3v) is 5.32. The van der Waals surface area contributed by atoms with Crippen molar-refractivity contribution in [2.24, 2.45) is 0 Å². The van der Waals surface area contributed by atoms with E-state index in [0.29, 0.717) is 4.21 Å². The van der Waals surface area contributed by atoms with Crippen LogP contribution in [-0.4, -0.2) is 44.6 Å². The van der Waals surface area contributed by atoms with Gasteiger partial charge in [-0.15, -0.1) is 11.3 Å². The van der Waals surface area contributed by atoms with Gasteiger partial charge in [-0.25, -0.2) is 13.2 Å². The number of carboxylic acid groups (broad SMARTS) is 1. The van der Waals surface area contributed by atoms with Crippen LogP contribution in [0.2, 0.25) is 0 Å². The molecule has 2 aromatic rings. The van der Waals surface area contributed by atoms with E-state index in [1.807, 2.05) is 0 Å². The monoisotopic (exact) mass is 290 g/mol. The molecule has 0 aliphatic carbocycles. The van der Waals surface area contributed by atoms with E-state index in [2.05, 4.69) is 0 Å². The van der Waals surface area contributed by atoms with Crippen molar-refractivity contribution in [1.82, 2.24) is 0 Å². The number of aromatic carboxylic acids is 1. The predicted molar refractivity (Wildman–Crippen MR) is 77.0 cm³/mol. The molecule has 7 heteroatoms. The van der Waals surface area contributed by atoms with Gasteiger partial charge in [-0.2, -0.15) is 0 Å². The quantitative estimate of drug-likeness (QED) is 0.876. The average molecular weight is 290 g/mol. The van der Waals surface area contributed by atoms with Gasteiger partial charge in [0.25, 0.3) is 0 Å². The summed E-state index contributed by atoms with van der Waals surface area (Å²) in [5.74, 6) is -0.982. The van der Waals surface area contributed by atoms with E-state index in [1.54, 1.807) is 24.3 Å². The molecule has 0 spiro atoms. The van der Waals surface area contributed by atoms with Crippen molar-refractivity contribution < 1.29 is 18.3 Å². The molecule has 1 aromatic heterocycles. The first kappa shape index (κ1) is 16.0. The van der Waals surface area contributed by atoms with Crippen molar-refractivity contribution in [2.75, 3.05) is 6.26 Å². The molecule has 96 valence electrons. The SMILES string of the molecule is CS(=O)(=O)c1ccc(-c2ccc(C(=O)O)cc2)s1.[LiH]. The van der Waals surface area contributed by atoms with Gasteiger partial charge in [0, 0.05) is 11.1 Å². The van der Waals surface area contributed by atoms with Crippen LogP contribution in [0.5, 0.6) is 0 Å². The molecule has 0 atom stereocenters. The Kier molecular flexibility index (Phi) is 4.99. The Morgan fingerprint density at radius 2 is 1.68 bits per heavy atom. The molecule has 0 saturated heterocycles. The molecule has 0 fully saturated rings. The van der Waals surface area contributed by atoms with Gasteiger partial charge in [0.15, 0.2) is 9.84 Å². The van der Waals surface area contributed by atoms with Crippen LogP contribution < -0.4 is 0 Å². The van der Waals surface area contributed by atoms with E-state index in [9.17, 15) is 13.2 Å². The summed E-state index contributed by atoms with van der Waals surface area (Å²) in [5.41, 5.74) is 1.01. The van der Waals surface area contributed by atoms with E-state index in [4.69, 9.17) is 5.11 Å². The molecule has 19 heavy (non-hydrogen) atoms. The van der Waals surface area contributed by atoms with Crippen molar-refractivity contribution in [3.63, 3.8) is 0 Å². The third-order valence-electron chi connectivity index (χ3n) is 2.36. The third kappa shape index (κ3) is 3.71. The first-order chi connectivity index (χ1) is 8.38. The summed E-state index contributed by atoms with van der Waals surface area (Å²) < 4.78 is 23.0. The van der Waals surface area contributed by atoms with Gasteiger partial charge in [0.05, 0.1) is 5.56 Å². The molecule has 1 N–H and O–H groups in total. The van der Waals surface area contributed by atoms with Crippen LogP contribution in [0.4, 0.5) is 0 Å². The first-order valence-corrected chi connectivity index (χ1v) is 7.72. The Hall–Kier alpha value is -1.06. The predicted octanol–water partition coefficient (Wildman–Crippen LogP) is 1.87. The van der Waals surface area contributed by atoms with Crippen molar-refractivity contribution in [2.45, 2.75) is 4.21 Å². The van der Waals surface area contributed by atoms with Crippen molar-refractivity contribution >= 4 is 46.0 Å². The molecule has 1 aromatic carbocycles. The molecule has 1 heterocycles. The summed E-state index contributed by atoms with van der Waals surface area (Å²) in [6.45, 7) is 0. The molecule has 0 aliphatic heterocycles. The molecule has 0 aliphatic rings. The van der Waals surface area contributed by atoms with E-state index in [-0.39, 0.29) is 24.4 Å². The minimum atomic E-state index is -3.19. The second-order valence-electron chi connectivity index (χ2n) is 3.77. The normalized spacial score (nSPS) is 10.8. The van der Waals surface area contributed by atoms with Gasteiger partial charge in [0.1, 0.15) is 4.21 Å². The van der Waals surface area contributed by atoms with E-state index in [0.717, 1.165) is 16.7 Å². The Labute approximate surface area is 127 Å². The summed E-state index contributed by atoms with van der Waals surface area (Å²) in [7, 11) is -3.19. The zero-order chi connectivity index (χ0) is 13.3. The second-order valence-corrected chi connectivity index (χ2v) is 7.10. The van der Waals surface area contributed by atoms with Crippen LogP contribution in [0.3, 0.4) is 0 Å². The van der Waals surface area contributed by atoms with Gasteiger partial charge >= 0.3 is 24.8 Å². The molecule has 0 unspecified atom stereocenters. The Morgan fingerprint density at radius 3 is 2.11 bits per heavy atom. The van der Waals surface area contributed by atoms with E-state index >= 15 is 0 Å². The van der Waals surface area contributed by atoms with Crippen LogP contribution in [0.1, 0.15) is 10.4 Å². The molecular formula is C12H11LiO4S2. The van der Waals surface area contributed by atoms with Crippen LogP contribution in [-0.2, 0) is 9.84 Å². The van der Waals surface area contributed by atoms with Crippen LogP contribution in [0.25, 0.3) is 10.4 Å². The molecule has 0 saturated carbocycles. The fourth-order valence-corrected chi connectivity index (χ4v) is 3.38. The molecule has 2 rings (SSSR count). The fourth-order valence-electron chi connectivity index (χ4n) is 1.45. The van der Waals surface area contributed by atoms with Crippen molar-refractivity contribution in [1.29, 1.82) is 0 Å². The molecule has 0 amide bonds. The summed E-state index contributed by atoms with van der Waals surface area (Å²) in [4.78, 5) is 11.5. The Bertz CT molecular complexity index is 687. The van der Waals surface area contributed by atoms with Gasteiger partial charge in [-0.1, -0.05) is 12.1 Å². The number of thiophene rings is 1. The molecular weight excluding hydrogens is 279 g/mol. The van der Waals surface area contributed by atoms with Crippen molar-refractivity contribution in [3.8, 4) is 10.4 Å². The number of hydrogen-bond donors (Lipinski definition) is 1. The molecule has 4 nitrogen and oxygen atoms in total. The number of sulfone groups is 1. The summed E-state index contributed by atoms with van der Waals surface area (Å²) in [6, 6.07) is 9.61. The summed E-state index contributed by atoms with van der Waals surface area (Å²) in [6.07, 6.45) is 1.16. The zero-order valence-corrected chi connectivity index (χ0v) is 11.1. The van der Waals surface area contributed by atoms with Crippen molar-refractivity contribution in [3.05, 3.63) is 42.0 Å². The second kappa shape index (κ2) is 5.93. The van der Waals surface area contributed by atoms with Gasteiger partial charge in [0.2, 0.25) is 0 Å². The zero-order valence-electron chi connectivity index (χ0n) is 9.45. The maximum atomic E-state index is 11.4. The van der Waals surface area contributed by atoms with Crippen LogP contribution in [0, 0.1) is 0 Å². The number of hydrogen-bond acceptors (Lipinski definition) is 4. The number of carboxylic acids is 1. The van der Waals surface area contributed by atoms with Crippen LogP contribution >= 0.6 is 11.3 Å². The molecule has 0 bridgehead atoms. The molecule has 0 radical (unpaired) electrons. The maximum absolute atomic E-state index is 11.4. The minimum absolute atomic E-state index is 0. The van der Waals surface area contributed by atoms with Gasteiger partial charge in [-0.3, -0.25) is 0 Å². The Morgan fingerprint density at radius 1 is 1.11 bits per heavy atom. The summed E-state index contributed by atoms with van der Waals surface area (Å²) >= 11 is 1.17. The fraction of sp³-hybridized carbons (Fsp3) is 0.0833. The number of rotatable bonds is 3. The van der Waals surface area contributed by atoms with Crippen LogP contribution in [0.15, 0.2) is 40.6 Å². The Balaban J connectivity index is 0.00000180. The average Bonchev–Trinajstić information content (AvgIpc) is 2.78. The van der Waals surface area contributed by atoms with Gasteiger partial charge < -0.3 is 5.11 Å². The van der Waals surface area contributed by atoms with E-state index in [1.165, 1.54) is 23.5 Å². The number of carbonyl (C=O) groups is 1. The summed E-state index contributed by atoms with van der Waals surface area (Å²) in [5, 5.41) is 8.78.